The Morgan fingerprint density at radius 3 is 2.91 bits per heavy atom. The summed E-state index contributed by atoms with van der Waals surface area (Å²) in [5.74, 6) is 0.429. The van der Waals surface area contributed by atoms with E-state index >= 15 is 0 Å². The predicted octanol–water partition coefficient (Wildman–Crippen LogP) is 3.42. The van der Waals surface area contributed by atoms with E-state index in [2.05, 4.69) is 33.5 Å². The first-order valence-corrected chi connectivity index (χ1v) is 7.31. The second-order valence-corrected chi connectivity index (χ2v) is 5.43. The van der Waals surface area contributed by atoms with Crippen LogP contribution in [0.2, 0.25) is 0 Å². The zero-order valence-electron chi connectivity index (χ0n) is 12.7. The Labute approximate surface area is 148 Å². The van der Waals surface area contributed by atoms with Gasteiger partial charge in [0.1, 0.15) is 0 Å². The number of nitrogens with two attached hydrogens (primary N) is 1. The standard InChI is InChI=1S/C17H20N4.HI/c1-12-4-3-9-19-16(12)11-20-17(18)21-15-8-7-13-5-2-6-14(13)10-15;/h3-4,7-10H,2,5-6,11H2,1H3,(H3,18,20,21);1H. The number of aromatic nitrogens is 1. The minimum atomic E-state index is 0. The summed E-state index contributed by atoms with van der Waals surface area (Å²) in [4.78, 5) is 8.68. The summed E-state index contributed by atoms with van der Waals surface area (Å²) in [7, 11) is 0. The average Bonchev–Trinajstić information content (AvgIpc) is 2.94. The molecule has 22 heavy (non-hydrogen) atoms. The molecule has 0 spiro atoms. The van der Waals surface area contributed by atoms with E-state index in [4.69, 9.17) is 5.73 Å². The fourth-order valence-corrected chi connectivity index (χ4v) is 2.68. The van der Waals surface area contributed by atoms with Crippen molar-refractivity contribution >= 4 is 35.6 Å². The van der Waals surface area contributed by atoms with Gasteiger partial charge in [-0.25, -0.2) is 4.99 Å². The van der Waals surface area contributed by atoms with Crippen molar-refractivity contribution in [3.8, 4) is 0 Å². The van der Waals surface area contributed by atoms with Gasteiger partial charge in [0, 0.05) is 11.9 Å². The molecular weight excluding hydrogens is 387 g/mol. The van der Waals surface area contributed by atoms with Gasteiger partial charge in [-0.2, -0.15) is 0 Å². The van der Waals surface area contributed by atoms with Crippen LogP contribution in [0.3, 0.4) is 0 Å². The average molecular weight is 408 g/mol. The SMILES string of the molecule is Cc1cccnc1CN=C(N)Nc1ccc2c(c1)CCC2.I. The second-order valence-electron chi connectivity index (χ2n) is 5.43. The lowest BCUT2D eigenvalue weighted by molar-refractivity contribution is 0.912. The van der Waals surface area contributed by atoms with Gasteiger partial charge < -0.3 is 11.1 Å². The summed E-state index contributed by atoms with van der Waals surface area (Å²) in [5.41, 5.74) is 11.9. The molecule has 4 nitrogen and oxygen atoms in total. The molecule has 1 aliphatic carbocycles. The molecule has 0 saturated carbocycles. The van der Waals surface area contributed by atoms with Crippen LogP contribution in [0, 0.1) is 6.92 Å². The van der Waals surface area contributed by atoms with E-state index in [1.165, 1.54) is 24.0 Å². The van der Waals surface area contributed by atoms with Crippen molar-refractivity contribution < 1.29 is 0 Å². The summed E-state index contributed by atoms with van der Waals surface area (Å²) in [6.07, 6.45) is 5.39. The molecule has 1 aromatic carbocycles. The number of guanidine groups is 1. The molecule has 0 unspecified atom stereocenters. The first-order valence-electron chi connectivity index (χ1n) is 7.31. The molecule has 1 aromatic heterocycles. The Hall–Kier alpha value is -1.63. The number of rotatable bonds is 3. The van der Waals surface area contributed by atoms with Gasteiger partial charge in [0.2, 0.25) is 0 Å². The molecule has 0 aliphatic heterocycles. The van der Waals surface area contributed by atoms with Crippen LogP contribution < -0.4 is 11.1 Å². The minimum Gasteiger partial charge on any atom is -0.370 e. The van der Waals surface area contributed by atoms with E-state index in [1.54, 1.807) is 6.20 Å². The molecule has 3 rings (SSSR count). The van der Waals surface area contributed by atoms with E-state index in [-0.39, 0.29) is 24.0 Å². The van der Waals surface area contributed by atoms with E-state index < -0.39 is 0 Å². The molecule has 0 radical (unpaired) electrons. The number of hydrogen-bond donors (Lipinski definition) is 2. The van der Waals surface area contributed by atoms with Crippen LogP contribution in [0.25, 0.3) is 0 Å². The van der Waals surface area contributed by atoms with Gasteiger partial charge in [0.25, 0.3) is 0 Å². The Morgan fingerprint density at radius 2 is 2.09 bits per heavy atom. The van der Waals surface area contributed by atoms with Crippen molar-refractivity contribution in [2.45, 2.75) is 32.7 Å². The highest BCUT2D eigenvalue weighted by molar-refractivity contribution is 14.0. The lowest BCUT2D eigenvalue weighted by Gasteiger charge is -2.08. The van der Waals surface area contributed by atoms with Crippen molar-refractivity contribution in [3.05, 3.63) is 58.9 Å². The Bertz CT molecular complexity index is 682. The van der Waals surface area contributed by atoms with Crippen molar-refractivity contribution in [2.24, 2.45) is 10.7 Å². The van der Waals surface area contributed by atoms with Crippen LogP contribution in [0.4, 0.5) is 5.69 Å². The monoisotopic (exact) mass is 408 g/mol. The third kappa shape index (κ3) is 3.97. The third-order valence-corrected chi connectivity index (χ3v) is 3.89. The predicted molar refractivity (Wildman–Crippen MR) is 102 cm³/mol. The fraction of sp³-hybridized carbons (Fsp3) is 0.294. The van der Waals surface area contributed by atoms with Crippen LogP contribution in [0.15, 0.2) is 41.5 Å². The minimum absolute atomic E-state index is 0. The Morgan fingerprint density at radius 1 is 1.27 bits per heavy atom. The number of pyridine rings is 1. The van der Waals surface area contributed by atoms with Crippen molar-refractivity contribution in [1.82, 2.24) is 4.98 Å². The fourth-order valence-electron chi connectivity index (χ4n) is 2.68. The highest BCUT2D eigenvalue weighted by Gasteiger charge is 2.10. The van der Waals surface area contributed by atoms with E-state index in [0.717, 1.165) is 23.4 Å². The van der Waals surface area contributed by atoms with Crippen LogP contribution in [-0.2, 0) is 19.4 Å². The molecule has 2 aromatic rings. The largest absolute Gasteiger partial charge is 0.370 e. The van der Waals surface area contributed by atoms with Crippen LogP contribution >= 0.6 is 24.0 Å². The van der Waals surface area contributed by atoms with Gasteiger partial charge in [0.05, 0.1) is 12.2 Å². The molecule has 0 fully saturated rings. The molecule has 3 N–H and O–H groups in total. The molecule has 1 heterocycles. The smallest absolute Gasteiger partial charge is 0.193 e. The number of nitrogens with one attached hydrogen (secondary N) is 1. The van der Waals surface area contributed by atoms with E-state index in [9.17, 15) is 0 Å². The Balaban J connectivity index is 0.00000176. The summed E-state index contributed by atoms with van der Waals surface area (Å²) < 4.78 is 0. The topological polar surface area (TPSA) is 63.3 Å². The van der Waals surface area contributed by atoms with Gasteiger partial charge in [-0.1, -0.05) is 12.1 Å². The molecule has 0 atom stereocenters. The first kappa shape index (κ1) is 16.7. The summed E-state index contributed by atoms with van der Waals surface area (Å²) in [6.45, 7) is 2.53. The van der Waals surface area contributed by atoms with Crippen LogP contribution in [0.5, 0.6) is 0 Å². The third-order valence-electron chi connectivity index (χ3n) is 3.89. The number of aliphatic imine (C=N–C) groups is 1. The molecule has 5 heteroatoms. The summed E-state index contributed by atoms with van der Waals surface area (Å²) in [6, 6.07) is 10.4. The second kappa shape index (κ2) is 7.58. The van der Waals surface area contributed by atoms with Gasteiger partial charge in [-0.05, 0) is 61.1 Å². The van der Waals surface area contributed by atoms with Crippen molar-refractivity contribution in [1.29, 1.82) is 0 Å². The summed E-state index contributed by atoms with van der Waals surface area (Å²) in [5, 5.41) is 3.16. The Kier molecular flexibility index (Phi) is 5.76. The normalized spacial score (nSPS) is 13.4. The van der Waals surface area contributed by atoms with Crippen molar-refractivity contribution in [2.75, 3.05) is 5.32 Å². The van der Waals surface area contributed by atoms with Gasteiger partial charge in [0.15, 0.2) is 5.96 Å². The highest BCUT2D eigenvalue weighted by atomic mass is 127. The van der Waals surface area contributed by atoms with E-state index in [1.807, 2.05) is 19.1 Å². The highest BCUT2D eigenvalue weighted by Crippen LogP contribution is 2.24. The van der Waals surface area contributed by atoms with E-state index in [0.29, 0.717) is 12.5 Å². The number of benzene rings is 1. The molecule has 1 aliphatic rings. The molecular formula is C17H21IN4. The van der Waals surface area contributed by atoms with Crippen molar-refractivity contribution in [3.63, 3.8) is 0 Å². The quantitative estimate of drug-likeness (QED) is 0.465. The maximum atomic E-state index is 5.96. The zero-order valence-corrected chi connectivity index (χ0v) is 15.0. The first-order chi connectivity index (χ1) is 10.2. The zero-order chi connectivity index (χ0) is 14.7. The van der Waals surface area contributed by atoms with Gasteiger partial charge in [-0.3, -0.25) is 4.98 Å². The lowest BCUT2D eigenvalue weighted by atomic mass is 10.1. The number of nitrogens with zero attached hydrogens (tertiary/aromatic N) is 2. The maximum Gasteiger partial charge on any atom is 0.193 e. The number of hydrogen-bond acceptors (Lipinski definition) is 2. The number of fused-ring (bicyclic) bond motifs is 1. The molecule has 0 saturated heterocycles. The molecule has 0 bridgehead atoms. The number of aryl methyl sites for hydroxylation is 3. The van der Waals surface area contributed by atoms with Crippen LogP contribution in [-0.4, -0.2) is 10.9 Å². The molecule has 116 valence electrons. The summed E-state index contributed by atoms with van der Waals surface area (Å²) >= 11 is 0. The van der Waals surface area contributed by atoms with Gasteiger partial charge in [-0.15, -0.1) is 24.0 Å². The lowest BCUT2D eigenvalue weighted by Crippen LogP contribution is -2.22. The van der Waals surface area contributed by atoms with Crippen LogP contribution in [0.1, 0.15) is 28.8 Å². The number of halogens is 1. The molecule has 0 amide bonds. The maximum absolute atomic E-state index is 5.96. The number of anilines is 1. The van der Waals surface area contributed by atoms with Gasteiger partial charge >= 0.3 is 0 Å².